The molecule has 0 bridgehead atoms. The van der Waals surface area contributed by atoms with E-state index in [0.29, 0.717) is 18.7 Å². The highest BCUT2D eigenvalue weighted by Crippen LogP contribution is 2.24. The van der Waals surface area contributed by atoms with Crippen LogP contribution in [0.3, 0.4) is 0 Å². The van der Waals surface area contributed by atoms with E-state index in [0.717, 1.165) is 59.1 Å². The van der Waals surface area contributed by atoms with Gasteiger partial charge in [-0.25, -0.2) is 0 Å². The lowest BCUT2D eigenvalue weighted by molar-refractivity contribution is -0.143. The Labute approximate surface area is 233 Å². The Hall–Kier alpha value is -3.60. The van der Waals surface area contributed by atoms with Crippen LogP contribution < -0.4 is 10.1 Å². The van der Waals surface area contributed by atoms with E-state index in [1.807, 2.05) is 82.3 Å². The number of hydrogen-bond acceptors (Lipinski definition) is 3. The lowest BCUT2D eigenvalue weighted by Crippen LogP contribution is -2.53. The number of carbonyl (C=O) groups excluding carboxylic acids is 2. The van der Waals surface area contributed by atoms with Crippen LogP contribution in [0.1, 0.15) is 65.5 Å². The Kier molecular flexibility index (Phi) is 9.80. The van der Waals surface area contributed by atoms with E-state index in [2.05, 4.69) is 17.4 Å². The minimum atomic E-state index is -0.647. The molecule has 2 amide bonds. The second-order valence-electron chi connectivity index (χ2n) is 11.1. The van der Waals surface area contributed by atoms with Gasteiger partial charge in [0.05, 0.1) is 0 Å². The van der Waals surface area contributed by atoms with Gasteiger partial charge in [0.1, 0.15) is 11.8 Å². The fourth-order valence-corrected chi connectivity index (χ4v) is 5.48. The van der Waals surface area contributed by atoms with Gasteiger partial charge in [0.15, 0.2) is 6.61 Å². The zero-order chi connectivity index (χ0) is 27.8. The topological polar surface area (TPSA) is 58.6 Å². The maximum absolute atomic E-state index is 13.9. The van der Waals surface area contributed by atoms with E-state index in [9.17, 15) is 9.59 Å². The molecule has 1 fully saturated rings. The second kappa shape index (κ2) is 13.5. The van der Waals surface area contributed by atoms with Crippen LogP contribution in [0.25, 0.3) is 0 Å². The first-order chi connectivity index (χ1) is 18.8. The van der Waals surface area contributed by atoms with Crippen LogP contribution in [-0.4, -0.2) is 35.4 Å². The predicted octanol–water partition coefficient (Wildman–Crippen LogP) is 6.39. The molecule has 1 aliphatic carbocycles. The van der Waals surface area contributed by atoms with E-state index in [1.165, 1.54) is 6.42 Å². The van der Waals surface area contributed by atoms with Crippen molar-refractivity contribution in [3.8, 4) is 5.75 Å². The van der Waals surface area contributed by atoms with Crippen LogP contribution >= 0.6 is 0 Å². The van der Waals surface area contributed by atoms with Crippen molar-refractivity contribution >= 4 is 11.8 Å². The molecule has 1 saturated carbocycles. The summed E-state index contributed by atoms with van der Waals surface area (Å²) in [4.78, 5) is 29.5. The minimum Gasteiger partial charge on any atom is -0.483 e. The van der Waals surface area contributed by atoms with Gasteiger partial charge in [-0.2, -0.15) is 0 Å². The number of hydrogen-bond donors (Lipinski definition) is 1. The fraction of sp³-hybridized carbons (Fsp3) is 0.412. The van der Waals surface area contributed by atoms with E-state index in [1.54, 1.807) is 4.90 Å². The van der Waals surface area contributed by atoms with Crippen LogP contribution in [0.5, 0.6) is 5.75 Å². The molecule has 5 heteroatoms. The highest BCUT2D eigenvalue weighted by atomic mass is 16.5. The molecule has 4 rings (SSSR count). The Morgan fingerprint density at radius 1 is 0.872 bits per heavy atom. The molecule has 5 nitrogen and oxygen atoms in total. The highest BCUT2D eigenvalue weighted by molar-refractivity contribution is 5.88. The molecule has 206 valence electrons. The van der Waals surface area contributed by atoms with Crippen molar-refractivity contribution in [2.75, 3.05) is 6.61 Å². The van der Waals surface area contributed by atoms with Crippen molar-refractivity contribution < 1.29 is 14.3 Å². The molecular formula is C34H42N2O3. The monoisotopic (exact) mass is 526 g/mol. The molecule has 3 aromatic carbocycles. The largest absolute Gasteiger partial charge is 0.483 e. The maximum Gasteiger partial charge on any atom is 0.261 e. The van der Waals surface area contributed by atoms with Crippen LogP contribution in [0, 0.1) is 27.7 Å². The third kappa shape index (κ3) is 7.95. The third-order valence-electron chi connectivity index (χ3n) is 7.77. The van der Waals surface area contributed by atoms with Gasteiger partial charge < -0.3 is 15.0 Å². The lowest BCUT2D eigenvalue weighted by Gasteiger charge is -2.33. The Morgan fingerprint density at radius 2 is 1.59 bits per heavy atom. The summed E-state index contributed by atoms with van der Waals surface area (Å²) in [5, 5.41) is 3.30. The maximum atomic E-state index is 13.9. The van der Waals surface area contributed by atoms with E-state index in [4.69, 9.17) is 4.74 Å². The molecule has 39 heavy (non-hydrogen) atoms. The van der Waals surface area contributed by atoms with Gasteiger partial charge in [0.2, 0.25) is 5.91 Å². The molecule has 1 aliphatic rings. The van der Waals surface area contributed by atoms with Crippen LogP contribution in [-0.2, 0) is 22.6 Å². The first-order valence-corrected chi connectivity index (χ1v) is 14.2. The summed E-state index contributed by atoms with van der Waals surface area (Å²) in [5.41, 5.74) is 6.38. The number of ether oxygens (including phenoxy) is 1. The summed E-state index contributed by atoms with van der Waals surface area (Å²) in [6, 6.07) is 21.7. The Morgan fingerprint density at radius 3 is 2.31 bits per heavy atom. The lowest BCUT2D eigenvalue weighted by atomic mass is 9.94. The van der Waals surface area contributed by atoms with Crippen molar-refractivity contribution in [2.45, 2.75) is 84.8 Å². The molecule has 1 N–H and O–H groups in total. The molecule has 0 spiro atoms. The number of nitrogens with zero attached hydrogens (tertiary/aromatic N) is 1. The molecule has 0 aliphatic heterocycles. The third-order valence-corrected chi connectivity index (χ3v) is 7.77. The number of benzene rings is 3. The van der Waals surface area contributed by atoms with Crippen molar-refractivity contribution in [1.82, 2.24) is 10.2 Å². The first kappa shape index (κ1) is 28.4. The van der Waals surface area contributed by atoms with Crippen molar-refractivity contribution in [2.24, 2.45) is 0 Å². The van der Waals surface area contributed by atoms with E-state index >= 15 is 0 Å². The molecular weight excluding hydrogens is 484 g/mol. The number of rotatable bonds is 10. The van der Waals surface area contributed by atoms with Gasteiger partial charge in [-0.1, -0.05) is 85.5 Å². The van der Waals surface area contributed by atoms with Gasteiger partial charge in [-0.05, 0) is 74.4 Å². The average molecular weight is 527 g/mol. The number of aryl methyl sites for hydroxylation is 3. The predicted molar refractivity (Wildman–Crippen MR) is 157 cm³/mol. The Bertz CT molecular complexity index is 1260. The summed E-state index contributed by atoms with van der Waals surface area (Å²) < 4.78 is 6.11. The zero-order valence-electron chi connectivity index (χ0n) is 23.8. The minimum absolute atomic E-state index is 0.0886. The number of nitrogens with one attached hydrogen (secondary N) is 1. The highest BCUT2D eigenvalue weighted by Gasteiger charge is 2.32. The molecule has 0 radical (unpaired) electrons. The van der Waals surface area contributed by atoms with Gasteiger partial charge in [0.25, 0.3) is 5.91 Å². The van der Waals surface area contributed by atoms with Gasteiger partial charge >= 0.3 is 0 Å². The van der Waals surface area contributed by atoms with Crippen molar-refractivity contribution in [3.63, 3.8) is 0 Å². The zero-order valence-corrected chi connectivity index (χ0v) is 23.8. The van der Waals surface area contributed by atoms with Gasteiger partial charge in [-0.15, -0.1) is 0 Å². The van der Waals surface area contributed by atoms with Gasteiger partial charge in [-0.3, -0.25) is 9.59 Å². The molecule has 0 aromatic heterocycles. The SMILES string of the molecule is Cc1cccc(CN(C(=O)COc2cc(C)cc(C)c2C)[C@H](Cc2ccccc2)C(=O)NC2CCCCC2)c1. The van der Waals surface area contributed by atoms with Crippen molar-refractivity contribution in [3.05, 3.63) is 100 Å². The summed E-state index contributed by atoms with van der Waals surface area (Å²) in [6.45, 7) is 8.33. The summed E-state index contributed by atoms with van der Waals surface area (Å²) >= 11 is 0. The fourth-order valence-electron chi connectivity index (χ4n) is 5.48. The summed E-state index contributed by atoms with van der Waals surface area (Å²) in [5.74, 6) is 0.423. The quantitative estimate of drug-likeness (QED) is 0.333. The van der Waals surface area contributed by atoms with E-state index < -0.39 is 6.04 Å². The average Bonchev–Trinajstić information content (AvgIpc) is 2.92. The van der Waals surface area contributed by atoms with Crippen molar-refractivity contribution in [1.29, 1.82) is 0 Å². The number of amides is 2. The summed E-state index contributed by atoms with van der Waals surface area (Å²) in [6.07, 6.45) is 5.90. The summed E-state index contributed by atoms with van der Waals surface area (Å²) in [7, 11) is 0. The Balaban J connectivity index is 1.63. The van der Waals surface area contributed by atoms with Crippen LogP contribution in [0.4, 0.5) is 0 Å². The molecule has 3 aromatic rings. The molecule has 0 saturated heterocycles. The standard InChI is InChI=1S/C34H42N2O3/c1-24-12-11-15-29(19-24)22-36(33(37)23-39-32-20-25(2)18-26(3)27(32)4)31(21-28-13-7-5-8-14-28)34(38)35-30-16-9-6-10-17-30/h5,7-8,11-15,18-20,30-31H,6,9-10,16-17,21-23H2,1-4H3,(H,35,38)/t31-/m1/s1. The molecule has 0 unspecified atom stereocenters. The molecule has 1 atom stereocenters. The smallest absolute Gasteiger partial charge is 0.261 e. The van der Waals surface area contributed by atoms with Crippen LogP contribution in [0.2, 0.25) is 0 Å². The van der Waals surface area contributed by atoms with Crippen LogP contribution in [0.15, 0.2) is 66.7 Å². The van der Waals surface area contributed by atoms with E-state index in [-0.39, 0.29) is 24.5 Å². The number of carbonyl (C=O) groups is 2. The first-order valence-electron chi connectivity index (χ1n) is 14.2. The molecule has 0 heterocycles. The second-order valence-corrected chi connectivity index (χ2v) is 11.1. The van der Waals surface area contributed by atoms with Gasteiger partial charge in [0, 0.05) is 19.0 Å². The normalized spacial score (nSPS) is 14.5.